The smallest absolute Gasteiger partial charge is 0.232 e. The molecule has 0 spiro atoms. The molecule has 1 aromatic heterocycles. The van der Waals surface area contributed by atoms with Gasteiger partial charge < -0.3 is 4.98 Å². The molecule has 2 rings (SSSR count). The predicted octanol–water partition coefficient (Wildman–Crippen LogP) is 0.737. The van der Waals surface area contributed by atoms with Crippen LogP contribution in [0.4, 0.5) is 0 Å². The fourth-order valence-electron chi connectivity index (χ4n) is 1.92. The Bertz CT molecular complexity index is 386. The molecule has 1 unspecified atom stereocenters. The number of hydrogen-bond acceptors (Lipinski definition) is 3. The van der Waals surface area contributed by atoms with Gasteiger partial charge in [0.25, 0.3) is 0 Å². The van der Waals surface area contributed by atoms with Gasteiger partial charge in [0.15, 0.2) is 0 Å². The molecule has 0 aromatic carbocycles. The average Bonchev–Trinajstić information content (AvgIpc) is 2.82. The molecular weight excluding hydrogens is 206 g/mol. The molecule has 1 fully saturated rings. The molecule has 1 N–H and O–H groups in total. The zero-order chi connectivity index (χ0) is 11.5. The molecule has 1 aliphatic rings. The first kappa shape index (κ1) is 10.9. The highest BCUT2D eigenvalue weighted by Crippen LogP contribution is 2.18. The van der Waals surface area contributed by atoms with Crippen LogP contribution in [0.1, 0.15) is 25.6 Å². The Labute approximate surface area is 93.9 Å². The zero-order valence-electron chi connectivity index (χ0n) is 9.27. The summed E-state index contributed by atoms with van der Waals surface area (Å²) in [7, 11) is 0. The van der Waals surface area contributed by atoms with E-state index < -0.39 is 0 Å². The van der Waals surface area contributed by atoms with Gasteiger partial charge in [-0.15, -0.1) is 0 Å². The van der Waals surface area contributed by atoms with Gasteiger partial charge in [0, 0.05) is 37.7 Å². The Hall–Kier alpha value is -1.65. The lowest BCUT2D eigenvalue weighted by Crippen LogP contribution is -2.31. The van der Waals surface area contributed by atoms with Crippen molar-refractivity contribution in [2.45, 2.75) is 26.2 Å². The minimum absolute atomic E-state index is 0.0376. The molecule has 5 nitrogen and oxygen atoms in total. The van der Waals surface area contributed by atoms with Gasteiger partial charge in [0.05, 0.1) is 0 Å². The van der Waals surface area contributed by atoms with Crippen LogP contribution in [0.3, 0.4) is 0 Å². The normalized spacial score (nSPS) is 20.8. The number of likely N-dealkylation sites (tertiary alicyclic amines) is 1. The lowest BCUT2D eigenvalue weighted by atomic mass is 10.1. The molecule has 1 aromatic rings. The molecule has 5 heteroatoms. The number of amides is 2. The Morgan fingerprint density at radius 3 is 2.94 bits per heavy atom. The first-order valence-corrected chi connectivity index (χ1v) is 5.51. The van der Waals surface area contributed by atoms with E-state index in [1.165, 1.54) is 4.90 Å². The molecule has 2 heterocycles. The van der Waals surface area contributed by atoms with Crippen molar-refractivity contribution >= 4 is 11.8 Å². The van der Waals surface area contributed by atoms with E-state index in [0.29, 0.717) is 13.0 Å². The van der Waals surface area contributed by atoms with Gasteiger partial charge in [-0.05, 0) is 6.42 Å². The summed E-state index contributed by atoms with van der Waals surface area (Å²) in [5.41, 5.74) is 0. The van der Waals surface area contributed by atoms with Crippen molar-refractivity contribution in [1.29, 1.82) is 0 Å². The number of nitrogens with zero attached hydrogens (tertiary/aromatic N) is 2. The van der Waals surface area contributed by atoms with Crippen molar-refractivity contribution < 1.29 is 9.59 Å². The van der Waals surface area contributed by atoms with Crippen LogP contribution in [-0.2, 0) is 16.0 Å². The first-order chi connectivity index (χ1) is 7.68. The van der Waals surface area contributed by atoms with E-state index in [1.54, 1.807) is 19.3 Å². The quantitative estimate of drug-likeness (QED) is 0.762. The molecule has 16 heavy (non-hydrogen) atoms. The van der Waals surface area contributed by atoms with Crippen LogP contribution >= 0.6 is 0 Å². The molecule has 0 aliphatic carbocycles. The van der Waals surface area contributed by atoms with E-state index in [-0.39, 0.29) is 17.7 Å². The number of rotatable bonds is 4. The van der Waals surface area contributed by atoms with E-state index in [4.69, 9.17) is 0 Å². The number of nitrogens with one attached hydrogen (secondary N) is 1. The summed E-state index contributed by atoms with van der Waals surface area (Å²) >= 11 is 0. The van der Waals surface area contributed by atoms with Crippen LogP contribution in [0.5, 0.6) is 0 Å². The highest BCUT2D eigenvalue weighted by atomic mass is 16.2. The number of hydrogen-bond donors (Lipinski definition) is 1. The molecule has 0 bridgehead atoms. The van der Waals surface area contributed by atoms with Crippen LogP contribution < -0.4 is 0 Å². The highest BCUT2D eigenvalue weighted by Gasteiger charge is 2.34. The maximum Gasteiger partial charge on any atom is 0.232 e. The predicted molar refractivity (Wildman–Crippen MR) is 57.4 cm³/mol. The first-order valence-electron chi connectivity index (χ1n) is 5.51. The minimum Gasteiger partial charge on any atom is -0.349 e. The van der Waals surface area contributed by atoms with Crippen LogP contribution in [0, 0.1) is 5.92 Å². The molecule has 0 radical (unpaired) electrons. The lowest BCUT2D eigenvalue weighted by molar-refractivity contribution is -0.139. The maximum absolute atomic E-state index is 11.6. The van der Waals surface area contributed by atoms with Crippen molar-refractivity contribution in [1.82, 2.24) is 14.9 Å². The van der Waals surface area contributed by atoms with Gasteiger partial charge in [-0.1, -0.05) is 6.92 Å². The van der Waals surface area contributed by atoms with Crippen molar-refractivity contribution in [3.05, 3.63) is 18.2 Å². The largest absolute Gasteiger partial charge is 0.349 e. The van der Waals surface area contributed by atoms with Crippen molar-refractivity contribution in [3.8, 4) is 0 Å². The molecule has 2 amide bonds. The number of imidazole rings is 1. The second kappa shape index (κ2) is 4.47. The van der Waals surface area contributed by atoms with Gasteiger partial charge in [0.1, 0.15) is 5.82 Å². The van der Waals surface area contributed by atoms with E-state index in [9.17, 15) is 9.59 Å². The summed E-state index contributed by atoms with van der Waals surface area (Å²) in [4.78, 5) is 31.5. The number of imide groups is 1. The van der Waals surface area contributed by atoms with Crippen molar-refractivity contribution in [2.24, 2.45) is 5.92 Å². The van der Waals surface area contributed by atoms with E-state index in [0.717, 1.165) is 18.7 Å². The topological polar surface area (TPSA) is 66.1 Å². The number of aromatic amines is 1. The van der Waals surface area contributed by atoms with Crippen molar-refractivity contribution in [2.75, 3.05) is 6.54 Å². The van der Waals surface area contributed by atoms with Crippen LogP contribution in [0.15, 0.2) is 12.4 Å². The van der Waals surface area contributed by atoms with Crippen LogP contribution in [0.25, 0.3) is 0 Å². The van der Waals surface area contributed by atoms with Crippen LogP contribution in [0.2, 0.25) is 0 Å². The number of aryl methyl sites for hydroxylation is 1. The molecular formula is C11H15N3O2. The van der Waals surface area contributed by atoms with Gasteiger partial charge in [-0.3, -0.25) is 14.5 Å². The lowest BCUT2D eigenvalue weighted by Gasteiger charge is -2.13. The van der Waals surface area contributed by atoms with Gasteiger partial charge in [0.2, 0.25) is 11.8 Å². The summed E-state index contributed by atoms with van der Waals surface area (Å²) in [5.74, 6) is 0.671. The SMILES string of the molecule is CC1CC(=O)N(CCCc2ncc[nH]2)C1=O. The number of H-pyrrole nitrogens is 1. The second-order valence-corrected chi connectivity index (χ2v) is 4.13. The molecule has 1 saturated heterocycles. The third kappa shape index (κ3) is 2.13. The fraction of sp³-hybridized carbons (Fsp3) is 0.545. The Morgan fingerprint density at radius 1 is 1.56 bits per heavy atom. The highest BCUT2D eigenvalue weighted by molar-refractivity contribution is 6.03. The summed E-state index contributed by atoms with van der Waals surface area (Å²) in [6, 6.07) is 0. The second-order valence-electron chi connectivity index (χ2n) is 4.13. The Balaban J connectivity index is 1.82. The monoisotopic (exact) mass is 221 g/mol. The van der Waals surface area contributed by atoms with Gasteiger partial charge in [-0.2, -0.15) is 0 Å². The zero-order valence-corrected chi connectivity index (χ0v) is 9.27. The average molecular weight is 221 g/mol. The van der Waals surface area contributed by atoms with E-state index in [2.05, 4.69) is 9.97 Å². The summed E-state index contributed by atoms with van der Waals surface area (Å²) in [6.07, 6.45) is 5.35. The molecule has 1 atom stereocenters. The maximum atomic E-state index is 11.6. The minimum atomic E-state index is -0.142. The molecule has 86 valence electrons. The molecule has 0 saturated carbocycles. The van der Waals surface area contributed by atoms with Crippen LogP contribution in [-0.4, -0.2) is 33.2 Å². The standard InChI is InChI=1S/C11H15N3O2/c1-8-7-10(15)14(11(8)16)6-2-3-9-12-4-5-13-9/h4-5,8H,2-3,6-7H2,1H3,(H,12,13). The fourth-order valence-corrected chi connectivity index (χ4v) is 1.92. The molecule has 1 aliphatic heterocycles. The summed E-state index contributed by atoms with van der Waals surface area (Å²) in [6.45, 7) is 2.30. The van der Waals surface area contributed by atoms with Gasteiger partial charge in [-0.25, -0.2) is 4.98 Å². The number of aromatic nitrogens is 2. The Kier molecular flexibility index (Phi) is 3.03. The summed E-state index contributed by atoms with van der Waals surface area (Å²) < 4.78 is 0. The van der Waals surface area contributed by atoms with Crippen molar-refractivity contribution in [3.63, 3.8) is 0 Å². The van der Waals surface area contributed by atoms with E-state index in [1.807, 2.05) is 0 Å². The third-order valence-electron chi connectivity index (χ3n) is 2.82. The number of carbonyl (C=O) groups is 2. The number of carbonyl (C=O) groups excluding carboxylic acids is 2. The summed E-state index contributed by atoms with van der Waals surface area (Å²) in [5, 5.41) is 0. The van der Waals surface area contributed by atoms with Gasteiger partial charge >= 0.3 is 0 Å². The Morgan fingerprint density at radius 2 is 2.38 bits per heavy atom. The van der Waals surface area contributed by atoms with E-state index >= 15 is 0 Å². The third-order valence-corrected chi connectivity index (χ3v) is 2.82.